The van der Waals surface area contributed by atoms with Crippen LogP contribution in [0.2, 0.25) is 0 Å². The molecule has 2 aromatic carbocycles. The molecule has 0 saturated carbocycles. The fourth-order valence-electron chi connectivity index (χ4n) is 2.85. The minimum absolute atomic E-state index is 0.0176. The lowest BCUT2D eigenvalue weighted by molar-refractivity contribution is 0.518. The van der Waals surface area contributed by atoms with Crippen LogP contribution in [0.25, 0.3) is 10.8 Å². The highest BCUT2D eigenvalue weighted by Crippen LogP contribution is 2.23. The van der Waals surface area contributed by atoms with Crippen molar-refractivity contribution in [2.75, 3.05) is 13.1 Å². The molecule has 112 valence electrons. The van der Waals surface area contributed by atoms with Gasteiger partial charge in [-0.15, -0.1) is 0 Å². The van der Waals surface area contributed by atoms with Crippen LogP contribution in [0.1, 0.15) is 19.3 Å². The van der Waals surface area contributed by atoms with Crippen molar-refractivity contribution in [2.45, 2.75) is 30.2 Å². The van der Waals surface area contributed by atoms with E-state index in [0.717, 1.165) is 43.1 Å². The van der Waals surface area contributed by atoms with Crippen molar-refractivity contribution in [3.8, 4) is 0 Å². The molecule has 1 unspecified atom stereocenters. The highest BCUT2D eigenvalue weighted by molar-refractivity contribution is 7.89. The molecule has 2 N–H and O–H groups in total. The lowest BCUT2D eigenvalue weighted by Crippen LogP contribution is -2.35. The standard InChI is InChI=1S/C16H20N2O2S/c19-21(20,18-14-7-4-11-17-12-10-14)16-9-3-6-13-5-1-2-8-15(13)16/h1-3,5-6,8-9,14,17-18H,4,7,10-12H2. The molecule has 1 heterocycles. The fraction of sp³-hybridized carbons (Fsp3) is 0.375. The maximum atomic E-state index is 12.7. The van der Waals surface area contributed by atoms with Crippen molar-refractivity contribution >= 4 is 20.8 Å². The second-order valence-electron chi connectivity index (χ2n) is 5.48. The summed E-state index contributed by atoms with van der Waals surface area (Å²) in [5, 5.41) is 5.02. The van der Waals surface area contributed by atoms with Gasteiger partial charge < -0.3 is 5.32 Å². The van der Waals surface area contributed by atoms with Gasteiger partial charge in [-0.25, -0.2) is 13.1 Å². The molecule has 5 heteroatoms. The Labute approximate surface area is 125 Å². The fourth-order valence-corrected chi connectivity index (χ4v) is 4.38. The predicted molar refractivity (Wildman–Crippen MR) is 84.8 cm³/mol. The van der Waals surface area contributed by atoms with Gasteiger partial charge in [0.1, 0.15) is 0 Å². The highest BCUT2D eigenvalue weighted by atomic mass is 32.2. The summed E-state index contributed by atoms with van der Waals surface area (Å²) < 4.78 is 28.3. The summed E-state index contributed by atoms with van der Waals surface area (Å²) in [5.41, 5.74) is 0. The van der Waals surface area contributed by atoms with Crippen LogP contribution in [0, 0.1) is 0 Å². The first-order chi connectivity index (χ1) is 10.2. The van der Waals surface area contributed by atoms with Crippen LogP contribution in [0.3, 0.4) is 0 Å². The molecule has 0 bridgehead atoms. The van der Waals surface area contributed by atoms with E-state index in [4.69, 9.17) is 0 Å². The first kappa shape index (κ1) is 14.5. The third-order valence-corrected chi connectivity index (χ3v) is 5.52. The zero-order valence-corrected chi connectivity index (χ0v) is 12.7. The summed E-state index contributed by atoms with van der Waals surface area (Å²) in [6.45, 7) is 1.83. The van der Waals surface area contributed by atoms with E-state index in [2.05, 4.69) is 10.0 Å². The summed E-state index contributed by atoms with van der Waals surface area (Å²) in [7, 11) is -3.48. The summed E-state index contributed by atoms with van der Waals surface area (Å²) in [4.78, 5) is 0.373. The molecular weight excluding hydrogens is 284 g/mol. The minimum atomic E-state index is -3.48. The molecule has 0 aromatic heterocycles. The molecule has 1 aliphatic heterocycles. The van der Waals surface area contributed by atoms with Crippen molar-refractivity contribution in [1.29, 1.82) is 0 Å². The van der Waals surface area contributed by atoms with Crippen LogP contribution in [0.15, 0.2) is 47.4 Å². The summed E-state index contributed by atoms with van der Waals surface area (Å²) in [6.07, 6.45) is 2.73. The van der Waals surface area contributed by atoms with Gasteiger partial charge in [0.2, 0.25) is 10.0 Å². The van der Waals surface area contributed by atoms with E-state index in [9.17, 15) is 8.42 Å². The Hall–Kier alpha value is -1.43. The van der Waals surface area contributed by atoms with E-state index in [1.807, 2.05) is 30.3 Å². The van der Waals surface area contributed by atoms with Crippen molar-refractivity contribution in [2.24, 2.45) is 0 Å². The van der Waals surface area contributed by atoms with E-state index in [0.29, 0.717) is 4.90 Å². The number of benzene rings is 2. The monoisotopic (exact) mass is 304 g/mol. The second-order valence-corrected chi connectivity index (χ2v) is 7.16. The second kappa shape index (κ2) is 6.13. The van der Waals surface area contributed by atoms with Crippen molar-refractivity contribution < 1.29 is 8.42 Å². The van der Waals surface area contributed by atoms with Crippen LogP contribution in [-0.2, 0) is 10.0 Å². The lowest BCUT2D eigenvalue weighted by atomic mass is 10.1. The summed E-state index contributed by atoms with van der Waals surface area (Å²) in [5.74, 6) is 0. The molecule has 21 heavy (non-hydrogen) atoms. The average molecular weight is 304 g/mol. The van der Waals surface area contributed by atoms with Gasteiger partial charge in [0.15, 0.2) is 0 Å². The van der Waals surface area contributed by atoms with Crippen LogP contribution >= 0.6 is 0 Å². The Kier molecular flexibility index (Phi) is 4.24. The van der Waals surface area contributed by atoms with Gasteiger partial charge in [0, 0.05) is 11.4 Å². The molecule has 0 amide bonds. The SMILES string of the molecule is O=S(=O)(NC1CCCNCC1)c1cccc2ccccc12. The van der Waals surface area contributed by atoms with Gasteiger partial charge in [-0.05, 0) is 43.8 Å². The summed E-state index contributed by atoms with van der Waals surface area (Å²) in [6, 6.07) is 13.0. The van der Waals surface area contributed by atoms with E-state index in [1.54, 1.807) is 12.1 Å². The number of nitrogens with one attached hydrogen (secondary N) is 2. The van der Waals surface area contributed by atoms with E-state index in [-0.39, 0.29) is 6.04 Å². The number of rotatable bonds is 3. The van der Waals surface area contributed by atoms with Gasteiger partial charge in [-0.1, -0.05) is 36.4 Å². The Bertz CT molecular complexity index is 715. The van der Waals surface area contributed by atoms with Gasteiger partial charge in [-0.3, -0.25) is 0 Å². The summed E-state index contributed by atoms with van der Waals surface area (Å²) >= 11 is 0. The number of fused-ring (bicyclic) bond motifs is 1. The molecule has 2 aromatic rings. The van der Waals surface area contributed by atoms with Crippen LogP contribution < -0.4 is 10.0 Å². The molecular formula is C16H20N2O2S. The van der Waals surface area contributed by atoms with Crippen LogP contribution in [0.5, 0.6) is 0 Å². The topological polar surface area (TPSA) is 58.2 Å². The van der Waals surface area contributed by atoms with E-state index >= 15 is 0 Å². The van der Waals surface area contributed by atoms with Gasteiger partial charge in [-0.2, -0.15) is 0 Å². The smallest absolute Gasteiger partial charge is 0.241 e. The molecule has 0 radical (unpaired) electrons. The maximum absolute atomic E-state index is 12.7. The Balaban J connectivity index is 1.92. The van der Waals surface area contributed by atoms with Crippen molar-refractivity contribution in [1.82, 2.24) is 10.0 Å². The normalized spacial score (nSPS) is 20.3. The third-order valence-electron chi connectivity index (χ3n) is 3.94. The van der Waals surface area contributed by atoms with Gasteiger partial charge >= 0.3 is 0 Å². The highest BCUT2D eigenvalue weighted by Gasteiger charge is 2.22. The predicted octanol–water partition coefficient (Wildman–Crippen LogP) is 2.26. The Morgan fingerprint density at radius 2 is 1.81 bits per heavy atom. The van der Waals surface area contributed by atoms with E-state index < -0.39 is 10.0 Å². The Morgan fingerprint density at radius 3 is 2.71 bits per heavy atom. The molecule has 3 rings (SSSR count). The molecule has 0 aliphatic carbocycles. The third kappa shape index (κ3) is 3.26. The van der Waals surface area contributed by atoms with E-state index in [1.165, 1.54) is 0 Å². The molecule has 4 nitrogen and oxygen atoms in total. The average Bonchev–Trinajstić information content (AvgIpc) is 2.75. The zero-order valence-electron chi connectivity index (χ0n) is 11.9. The van der Waals surface area contributed by atoms with Crippen molar-refractivity contribution in [3.63, 3.8) is 0 Å². The Morgan fingerprint density at radius 1 is 1.00 bits per heavy atom. The number of hydrogen-bond acceptors (Lipinski definition) is 3. The molecule has 1 atom stereocenters. The number of hydrogen-bond donors (Lipinski definition) is 2. The number of sulfonamides is 1. The molecule has 1 saturated heterocycles. The molecule has 0 spiro atoms. The van der Waals surface area contributed by atoms with Gasteiger partial charge in [0.05, 0.1) is 4.90 Å². The molecule has 1 fully saturated rings. The van der Waals surface area contributed by atoms with Crippen LogP contribution in [-0.4, -0.2) is 27.5 Å². The zero-order chi connectivity index (χ0) is 14.7. The first-order valence-electron chi connectivity index (χ1n) is 7.38. The van der Waals surface area contributed by atoms with Crippen LogP contribution in [0.4, 0.5) is 0 Å². The lowest BCUT2D eigenvalue weighted by Gasteiger charge is -2.17. The maximum Gasteiger partial charge on any atom is 0.241 e. The quantitative estimate of drug-likeness (QED) is 0.914. The largest absolute Gasteiger partial charge is 0.317 e. The minimum Gasteiger partial charge on any atom is -0.317 e. The first-order valence-corrected chi connectivity index (χ1v) is 8.86. The van der Waals surface area contributed by atoms with Gasteiger partial charge in [0.25, 0.3) is 0 Å². The molecule has 1 aliphatic rings. The van der Waals surface area contributed by atoms with Crippen molar-refractivity contribution in [3.05, 3.63) is 42.5 Å².